The highest BCUT2D eigenvalue weighted by atomic mass is 16.7. The van der Waals surface area contributed by atoms with Crippen molar-refractivity contribution >= 4 is 16.8 Å². The first-order chi connectivity index (χ1) is 14.0. The molecule has 1 amide bonds. The van der Waals surface area contributed by atoms with E-state index in [1.54, 1.807) is 0 Å². The van der Waals surface area contributed by atoms with Crippen molar-refractivity contribution in [3.05, 3.63) is 34.1 Å². The summed E-state index contributed by atoms with van der Waals surface area (Å²) in [7, 11) is 0. The van der Waals surface area contributed by atoms with Crippen molar-refractivity contribution in [3.63, 3.8) is 0 Å². The van der Waals surface area contributed by atoms with Crippen molar-refractivity contribution in [1.29, 1.82) is 0 Å². The fourth-order valence-electron chi connectivity index (χ4n) is 4.21. The van der Waals surface area contributed by atoms with Gasteiger partial charge >= 0.3 is 0 Å². The molecule has 7 heteroatoms. The van der Waals surface area contributed by atoms with Gasteiger partial charge < -0.3 is 19.8 Å². The summed E-state index contributed by atoms with van der Waals surface area (Å²) in [4.78, 5) is 30.0. The number of likely N-dealkylation sites (tertiary alicyclic amines) is 1. The van der Waals surface area contributed by atoms with Gasteiger partial charge in [0.05, 0.1) is 5.52 Å². The molecule has 1 saturated heterocycles. The van der Waals surface area contributed by atoms with Gasteiger partial charge in [-0.05, 0) is 56.8 Å². The zero-order valence-corrected chi connectivity index (χ0v) is 16.8. The summed E-state index contributed by atoms with van der Waals surface area (Å²) in [5, 5.41) is 4.09. The first-order valence-corrected chi connectivity index (χ1v) is 10.5. The molecule has 0 atom stereocenters. The van der Waals surface area contributed by atoms with Gasteiger partial charge in [-0.1, -0.05) is 6.92 Å². The van der Waals surface area contributed by atoms with E-state index < -0.39 is 0 Å². The predicted molar refractivity (Wildman–Crippen MR) is 109 cm³/mol. The van der Waals surface area contributed by atoms with E-state index in [1.807, 2.05) is 25.1 Å². The number of piperidine rings is 1. The van der Waals surface area contributed by atoms with Gasteiger partial charge in [-0.15, -0.1) is 0 Å². The molecule has 1 saturated carbocycles. The molecule has 1 aliphatic carbocycles. The number of rotatable bonds is 5. The lowest BCUT2D eigenvalue weighted by molar-refractivity contribution is -0.126. The number of amides is 1. The number of nitrogens with zero attached hydrogens (tertiary/aromatic N) is 1. The van der Waals surface area contributed by atoms with E-state index in [0.717, 1.165) is 67.5 Å². The van der Waals surface area contributed by atoms with Crippen LogP contribution in [-0.2, 0) is 11.3 Å². The van der Waals surface area contributed by atoms with Gasteiger partial charge in [0.15, 0.2) is 11.5 Å². The number of benzene rings is 1. The van der Waals surface area contributed by atoms with Gasteiger partial charge in [-0.25, -0.2) is 0 Å². The van der Waals surface area contributed by atoms with Crippen LogP contribution in [0.5, 0.6) is 11.5 Å². The van der Waals surface area contributed by atoms with Crippen molar-refractivity contribution in [2.75, 3.05) is 26.4 Å². The topological polar surface area (TPSA) is 83.7 Å². The molecule has 1 aromatic carbocycles. The average Bonchev–Trinajstić information content (AvgIpc) is 3.31. The van der Waals surface area contributed by atoms with E-state index in [9.17, 15) is 9.59 Å². The van der Waals surface area contributed by atoms with Gasteiger partial charge in [-0.2, -0.15) is 0 Å². The first-order valence-electron chi connectivity index (χ1n) is 10.5. The SMILES string of the molecule is CC1(C(=O)NCC2CCN(Cc3cc4cc5c(cc4[nH]c3=O)OCO5)CC2)CC1. The molecular weight excluding hydrogens is 370 g/mol. The Balaban J connectivity index is 1.19. The minimum Gasteiger partial charge on any atom is -0.454 e. The van der Waals surface area contributed by atoms with Crippen molar-refractivity contribution < 1.29 is 14.3 Å². The van der Waals surface area contributed by atoms with Gasteiger partial charge in [0.25, 0.3) is 5.56 Å². The van der Waals surface area contributed by atoms with E-state index in [0.29, 0.717) is 18.2 Å². The van der Waals surface area contributed by atoms with Crippen LogP contribution in [0.4, 0.5) is 0 Å². The lowest BCUT2D eigenvalue weighted by atomic mass is 9.96. The van der Waals surface area contributed by atoms with Crippen LogP contribution >= 0.6 is 0 Å². The molecule has 2 N–H and O–H groups in total. The number of aromatic amines is 1. The van der Waals surface area contributed by atoms with E-state index in [-0.39, 0.29) is 23.7 Å². The van der Waals surface area contributed by atoms with E-state index in [2.05, 4.69) is 15.2 Å². The number of hydrogen-bond donors (Lipinski definition) is 2. The van der Waals surface area contributed by atoms with Crippen LogP contribution < -0.4 is 20.3 Å². The number of carbonyl (C=O) groups is 1. The Labute approximate surface area is 169 Å². The summed E-state index contributed by atoms with van der Waals surface area (Å²) in [6.07, 6.45) is 4.11. The van der Waals surface area contributed by atoms with Crippen LogP contribution in [0.25, 0.3) is 10.9 Å². The second-order valence-electron chi connectivity index (χ2n) is 8.91. The normalized spacial score (nSPS) is 20.7. The third kappa shape index (κ3) is 3.71. The molecule has 0 radical (unpaired) electrons. The van der Waals surface area contributed by atoms with Crippen LogP contribution in [-0.4, -0.2) is 42.2 Å². The maximum atomic E-state index is 12.5. The number of H-pyrrole nitrogens is 1. The molecule has 3 aliphatic rings. The third-order valence-corrected chi connectivity index (χ3v) is 6.61. The minimum absolute atomic E-state index is 0.0524. The summed E-state index contributed by atoms with van der Waals surface area (Å²) in [6, 6.07) is 5.70. The highest BCUT2D eigenvalue weighted by Gasteiger charge is 2.44. The Bertz CT molecular complexity index is 1000. The molecule has 154 valence electrons. The Morgan fingerprint density at radius 1 is 1.21 bits per heavy atom. The Hall–Kier alpha value is -2.54. The Kier molecular flexibility index (Phi) is 4.50. The summed E-state index contributed by atoms with van der Waals surface area (Å²) in [5.74, 6) is 2.12. The molecule has 2 aromatic rings. The van der Waals surface area contributed by atoms with E-state index in [4.69, 9.17) is 9.47 Å². The van der Waals surface area contributed by atoms with E-state index in [1.165, 1.54) is 0 Å². The second-order valence-corrected chi connectivity index (χ2v) is 8.91. The van der Waals surface area contributed by atoms with Crippen molar-refractivity contribution in [2.24, 2.45) is 11.3 Å². The maximum absolute atomic E-state index is 12.5. The third-order valence-electron chi connectivity index (χ3n) is 6.61. The van der Waals surface area contributed by atoms with Crippen LogP contribution in [0.15, 0.2) is 23.0 Å². The number of carbonyl (C=O) groups excluding carboxylic acids is 1. The number of hydrogen-bond acceptors (Lipinski definition) is 5. The second kappa shape index (κ2) is 7.06. The quantitative estimate of drug-likeness (QED) is 0.809. The monoisotopic (exact) mass is 397 g/mol. The van der Waals surface area contributed by atoms with Crippen LogP contribution in [0.2, 0.25) is 0 Å². The fraction of sp³-hybridized carbons (Fsp3) is 0.545. The van der Waals surface area contributed by atoms with Crippen LogP contribution in [0.1, 0.15) is 38.2 Å². The zero-order chi connectivity index (χ0) is 20.0. The fourth-order valence-corrected chi connectivity index (χ4v) is 4.21. The molecule has 2 fully saturated rings. The average molecular weight is 397 g/mol. The minimum atomic E-state index is -0.102. The molecule has 0 bridgehead atoms. The molecule has 3 heterocycles. The van der Waals surface area contributed by atoms with Gasteiger partial charge in [0.1, 0.15) is 0 Å². The van der Waals surface area contributed by atoms with Gasteiger partial charge in [-0.3, -0.25) is 14.5 Å². The molecule has 2 aliphatic heterocycles. The number of fused-ring (bicyclic) bond motifs is 2. The predicted octanol–water partition coefficient (Wildman–Crippen LogP) is 2.39. The van der Waals surface area contributed by atoms with Gasteiger partial charge in [0, 0.05) is 35.5 Å². The molecule has 0 spiro atoms. The van der Waals surface area contributed by atoms with Gasteiger partial charge in [0.2, 0.25) is 12.7 Å². The zero-order valence-electron chi connectivity index (χ0n) is 16.8. The highest BCUT2D eigenvalue weighted by Crippen LogP contribution is 2.45. The highest BCUT2D eigenvalue weighted by molar-refractivity contribution is 5.84. The van der Waals surface area contributed by atoms with Crippen molar-refractivity contribution in [3.8, 4) is 11.5 Å². The standard InChI is InChI=1S/C22H27N3O4/c1-22(4-5-22)21(27)23-11-14-2-6-25(7-3-14)12-16-8-15-9-18-19(29-13-28-18)10-17(15)24-20(16)26/h8-10,14H,2-7,11-13H2,1H3,(H,23,27)(H,24,26). The lowest BCUT2D eigenvalue weighted by Gasteiger charge is -2.32. The van der Waals surface area contributed by atoms with E-state index >= 15 is 0 Å². The molecule has 29 heavy (non-hydrogen) atoms. The van der Waals surface area contributed by atoms with Crippen LogP contribution in [0, 0.1) is 11.3 Å². The summed E-state index contributed by atoms with van der Waals surface area (Å²) in [6.45, 7) is 5.55. The number of nitrogens with one attached hydrogen (secondary N) is 2. The molecular formula is C22H27N3O4. The Morgan fingerprint density at radius 3 is 2.66 bits per heavy atom. The maximum Gasteiger partial charge on any atom is 0.252 e. The first kappa shape index (κ1) is 18.5. The smallest absolute Gasteiger partial charge is 0.252 e. The molecule has 7 nitrogen and oxygen atoms in total. The largest absolute Gasteiger partial charge is 0.454 e. The number of pyridine rings is 1. The summed E-state index contributed by atoms with van der Waals surface area (Å²) < 4.78 is 10.8. The Morgan fingerprint density at radius 2 is 1.93 bits per heavy atom. The molecule has 5 rings (SSSR count). The summed E-state index contributed by atoms with van der Waals surface area (Å²) >= 11 is 0. The summed E-state index contributed by atoms with van der Waals surface area (Å²) in [5.41, 5.74) is 1.38. The van der Waals surface area contributed by atoms with Crippen molar-refractivity contribution in [2.45, 2.75) is 39.2 Å². The lowest BCUT2D eigenvalue weighted by Crippen LogP contribution is -2.40. The van der Waals surface area contributed by atoms with Crippen molar-refractivity contribution in [1.82, 2.24) is 15.2 Å². The molecule has 0 unspecified atom stereocenters. The van der Waals surface area contributed by atoms with Crippen LogP contribution in [0.3, 0.4) is 0 Å². The molecule has 1 aromatic heterocycles. The number of ether oxygens (including phenoxy) is 2. The number of aromatic nitrogens is 1.